The molecule has 4 rings (SSSR count). The number of nitrogens with one attached hydrogen (secondary N) is 2. The van der Waals surface area contributed by atoms with E-state index in [2.05, 4.69) is 24.9 Å². The molecule has 112 valence electrons. The normalized spacial score (nSPS) is 11.5. The van der Waals surface area contributed by atoms with E-state index >= 15 is 0 Å². The van der Waals surface area contributed by atoms with Crippen molar-refractivity contribution < 1.29 is 4.52 Å². The number of rotatable bonds is 3. The molecule has 0 saturated heterocycles. The Balaban J connectivity index is 1.76. The lowest BCUT2D eigenvalue weighted by atomic mass is 10.1. The molecule has 0 atom stereocenters. The van der Waals surface area contributed by atoms with E-state index in [1.165, 1.54) is 0 Å². The summed E-state index contributed by atoms with van der Waals surface area (Å²) in [7, 11) is 0. The summed E-state index contributed by atoms with van der Waals surface area (Å²) >= 11 is 0. The van der Waals surface area contributed by atoms with E-state index < -0.39 is 5.76 Å². The van der Waals surface area contributed by atoms with Crippen LogP contribution in [0, 0.1) is 0 Å². The van der Waals surface area contributed by atoms with Gasteiger partial charge in [0, 0.05) is 10.9 Å². The lowest BCUT2D eigenvalue weighted by Gasteiger charge is -2.00. The molecule has 2 aromatic carbocycles. The zero-order valence-electron chi connectivity index (χ0n) is 12.0. The van der Waals surface area contributed by atoms with E-state index in [1.807, 2.05) is 60.7 Å². The molecule has 0 aliphatic carbocycles. The molecule has 23 heavy (non-hydrogen) atoms. The van der Waals surface area contributed by atoms with Crippen molar-refractivity contribution in [1.82, 2.24) is 20.3 Å². The smallest absolute Gasteiger partial charge is 0.296 e. The van der Waals surface area contributed by atoms with Crippen molar-refractivity contribution in [3.05, 3.63) is 70.3 Å². The summed E-state index contributed by atoms with van der Waals surface area (Å²) in [6.07, 6.45) is 3.86. The highest BCUT2D eigenvalue weighted by molar-refractivity contribution is 5.90. The Labute approximate surface area is 130 Å². The molecular formula is C17H12N4O2. The third-order valence-corrected chi connectivity index (χ3v) is 3.58. The second-order valence-corrected chi connectivity index (χ2v) is 5.02. The Bertz CT molecular complexity index is 1060. The van der Waals surface area contributed by atoms with E-state index in [9.17, 15) is 4.79 Å². The van der Waals surface area contributed by atoms with Crippen LogP contribution in [-0.4, -0.2) is 20.3 Å². The first kappa shape index (κ1) is 13.3. The maximum Gasteiger partial charge on any atom is 0.439 e. The molecule has 2 aromatic heterocycles. The molecule has 0 bridgehead atoms. The number of hydrogen-bond donors (Lipinski definition) is 2. The van der Waals surface area contributed by atoms with Gasteiger partial charge in [-0.3, -0.25) is 14.6 Å². The van der Waals surface area contributed by atoms with Crippen molar-refractivity contribution in [2.24, 2.45) is 0 Å². The number of aromatic amines is 2. The molecule has 0 saturated carbocycles. The average Bonchev–Trinajstić information content (AvgIpc) is 3.19. The van der Waals surface area contributed by atoms with E-state index in [4.69, 9.17) is 0 Å². The van der Waals surface area contributed by atoms with Crippen LogP contribution >= 0.6 is 0 Å². The summed E-state index contributed by atoms with van der Waals surface area (Å²) in [4.78, 5) is 13.7. The lowest BCUT2D eigenvalue weighted by molar-refractivity contribution is 0.388. The molecule has 0 fully saturated rings. The van der Waals surface area contributed by atoms with Gasteiger partial charge in [-0.05, 0) is 17.7 Å². The fraction of sp³-hybridized carbons (Fsp3) is 0. The standard InChI is InChI=1S/C17H12N4O2/c22-17-18-16(21-23-17)12-6-2-1-5-11(12)9-10-15-13-7-3-4-8-14(13)19-20-15/h1-10H,(H,19,20)(H,18,21,22)/b10-9+. The molecule has 0 amide bonds. The van der Waals surface area contributed by atoms with E-state index in [0.717, 1.165) is 27.7 Å². The zero-order chi connectivity index (χ0) is 15.6. The van der Waals surface area contributed by atoms with Gasteiger partial charge in [0.2, 0.25) is 0 Å². The van der Waals surface area contributed by atoms with Crippen LogP contribution in [-0.2, 0) is 0 Å². The van der Waals surface area contributed by atoms with Gasteiger partial charge < -0.3 is 0 Å². The zero-order valence-corrected chi connectivity index (χ0v) is 12.0. The van der Waals surface area contributed by atoms with Crippen LogP contribution in [0.15, 0.2) is 57.8 Å². The SMILES string of the molecule is O=c1[nH]c(-c2ccccc2/C=C/c2n[nH]c3ccccc23)no1. The summed E-state index contributed by atoms with van der Waals surface area (Å²) in [6.45, 7) is 0. The van der Waals surface area contributed by atoms with Gasteiger partial charge in [-0.15, -0.1) is 0 Å². The van der Waals surface area contributed by atoms with Crippen molar-refractivity contribution in [2.75, 3.05) is 0 Å². The number of aromatic nitrogens is 4. The minimum atomic E-state index is -0.572. The molecule has 2 N–H and O–H groups in total. The summed E-state index contributed by atoms with van der Waals surface area (Å²) < 4.78 is 4.58. The maximum absolute atomic E-state index is 11.1. The number of nitrogens with zero attached hydrogens (tertiary/aromatic N) is 2. The van der Waals surface area contributed by atoms with Crippen LogP contribution in [0.1, 0.15) is 11.3 Å². The molecule has 0 unspecified atom stereocenters. The second-order valence-electron chi connectivity index (χ2n) is 5.02. The summed E-state index contributed by atoms with van der Waals surface area (Å²) in [5.74, 6) is -0.167. The first-order chi connectivity index (χ1) is 11.3. The Kier molecular flexibility index (Phi) is 3.12. The summed E-state index contributed by atoms with van der Waals surface area (Å²) in [6, 6.07) is 15.5. The first-order valence-corrected chi connectivity index (χ1v) is 7.08. The highest BCUT2D eigenvalue weighted by Crippen LogP contribution is 2.23. The van der Waals surface area contributed by atoms with Gasteiger partial charge in [0.1, 0.15) is 0 Å². The average molecular weight is 304 g/mol. The minimum absolute atomic E-state index is 0.405. The van der Waals surface area contributed by atoms with Gasteiger partial charge in [0.15, 0.2) is 5.82 Å². The predicted molar refractivity (Wildman–Crippen MR) is 87.6 cm³/mol. The monoisotopic (exact) mass is 304 g/mol. The minimum Gasteiger partial charge on any atom is -0.296 e. The van der Waals surface area contributed by atoms with Crippen molar-refractivity contribution in [3.8, 4) is 11.4 Å². The van der Waals surface area contributed by atoms with Gasteiger partial charge in [0.25, 0.3) is 0 Å². The molecule has 2 heterocycles. The van der Waals surface area contributed by atoms with Crippen LogP contribution in [0.3, 0.4) is 0 Å². The summed E-state index contributed by atoms with van der Waals surface area (Å²) in [5.41, 5.74) is 3.53. The Morgan fingerprint density at radius 2 is 1.83 bits per heavy atom. The first-order valence-electron chi connectivity index (χ1n) is 7.08. The number of H-pyrrole nitrogens is 2. The van der Waals surface area contributed by atoms with Crippen molar-refractivity contribution in [2.45, 2.75) is 0 Å². The molecule has 0 aliphatic heterocycles. The third-order valence-electron chi connectivity index (χ3n) is 3.58. The second kappa shape index (κ2) is 5.42. The largest absolute Gasteiger partial charge is 0.439 e. The fourth-order valence-electron chi connectivity index (χ4n) is 2.48. The highest BCUT2D eigenvalue weighted by Gasteiger charge is 2.08. The number of fused-ring (bicyclic) bond motifs is 1. The quantitative estimate of drug-likeness (QED) is 0.609. The van der Waals surface area contributed by atoms with Crippen LogP contribution in [0.2, 0.25) is 0 Å². The topological polar surface area (TPSA) is 87.6 Å². The lowest BCUT2D eigenvalue weighted by Crippen LogP contribution is -1.95. The molecule has 6 nitrogen and oxygen atoms in total. The number of para-hydroxylation sites is 1. The number of benzene rings is 2. The third kappa shape index (κ3) is 2.46. The van der Waals surface area contributed by atoms with E-state index in [1.54, 1.807) is 0 Å². The highest BCUT2D eigenvalue weighted by atomic mass is 16.5. The van der Waals surface area contributed by atoms with Crippen LogP contribution in [0.25, 0.3) is 34.4 Å². The predicted octanol–water partition coefficient (Wildman–Crippen LogP) is 3.08. The van der Waals surface area contributed by atoms with Crippen molar-refractivity contribution in [3.63, 3.8) is 0 Å². The van der Waals surface area contributed by atoms with Gasteiger partial charge in [0.05, 0.1) is 11.2 Å². The van der Waals surface area contributed by atoms with E-state index in [0.29, 0.717) is 5.82 Å². The van der Waals surface area contributed by atoms with Gasteiger partial charge >= 0.3 is 5.76 Å². The van der Waals surface area contributed by atoms with Crippen LogP contribution in [0.4, 0.5) is 0 Å². The fourth-order valence-corrected chi connectivity index (χ4v) is 2.48. The molecule has 6 heteroatoms. The van der Waals surface area contributed by atoms with Gasteiger partial charge in [-0.2, -0.15) is 5.10 Å². The molecular weight excluding hydrogens is 292 g/mol. The Morgan fingerprint density at radius 1 is 1.00 bits per heavy atom. The Morgan fingerprint density at radius 3 is 2.70 bits per heavy atom. The number of hydrogen-bond acceptors (Lipinski definition) is 4. The maximum atomic E-state index is 11.1. The van der Waals surface area contributed by atoms with Crippen LogP contribution < -0.4 is 5.76 Å². The van der Waals surface area contributed by atoms with E-state index in [-0.39, 0.29) is 0 Å². The molecule has 0 aliphatic rings. The van der Waals surface area contributed by atoms with Crippen molar-refractivity contribution in [1.29, 1.82) is 0 Å². The molecule has 0 radical (unpaired) electrons. The molecule has 4 aromatic rings. The van der Waals surface area contributed by atoms with Gasteiger partial charge in [-0.1, -0.05) is 53.7 Å². The van der Waals surface area contributed by atoms with Gasteiger partial charge in [-0.25, -0.2) is 4.79 Å². The van der Waals surface area contributed by atoms with Crippen LogP contribution in [0.5, 0.6) is 0 Å². The van der Waals surface area contributed by atoms with Crippen molar-refractivity contribution >= 4 is 23.1 Å². The Hall–Kier alpha value is -3.41. The summed E-state index contributed by atoms with van der Waals surface area (Å²) in [5, 5.41) is 12.1. The molecule has 0 spiro atoms.